The fourth-order valence-electron chi connectivity index (χ4n) is 1.89. The molecule has 0 spiro atoms. The Bertz CT molecular complexity index is 559. The Morgan fingerprint density at radius 1 is 0.900 bits per heavy atom. The molecule has 2 aromatic carbocycles. The van der Waals surface area contributed by atoms with Crippen LogP contribution < -0.4 is 10.6 Å². The number of rotatable bonds is 5. The number of benzene rings is 2. The van der Waals surface area contributed by atoms with Gasteiger partial charge in [-0.15, -0.1) is 0 Å². The Hall–Kier alpha value is -2.29. The van der Waals surface area contributed by atoms with Gasteiger partial charge in [-0.2, -0.15) is 0 Å². The summed E-state index contributed by atoms with van der Waals surface area (Å²) in [6.45, 7) is 4.06. The molecule has 20 heavy (non-hydrogen) atoms. The van der Waals surface area contributed by atoms with E-state index in [0.29, 0.717) is 6.42 Å². The van der Waals surface area contributed by atoms with Crippen LogP contribution >= 0.6 is 0 Å². The van der Waals surface area contributed by atoms with Gasteiger partial charge < -0.3 is 10.6 Å². The SMILES string of the molecule is CCCC(=O)Nc1ccc(Nc2ccc(C)cc2)cc1. The molecule has 0 saturated heterocycles. The number of carbonyl (C=O) groups is 1. The smallest absolute Gasteiger partial charge is 0.224 e. The highest BCUT2D eigenvalue weighted by Gasteiger charge is 2.00. The van der Waals surface area contributed by atoms with E-state index in [0.717, 1.165) is 23.5 Å². The van der Waals surface area contributed by atoms with Crippen LogP contribution in [0.1, 0.15) is 25.3 Å². The summed E-state index contributed by atoms with van der Waals surface area (Å²) in [4.78, 5) is 11.5. The average molecular weight is 268 g/mol. The molecule has 0 aliphatic carbocycles. The monoisotopic (exact) mass is 268 g/mol. The van der Waals surface area contributed by atoms with E-state index in [4.69, 9.17) is 0 Å². The lowest BCUT2D eigenvalue weighted by Gasteiger charge is -2.08. The van der Waals surface area contributed by atoms with Crippen molar-refractivity contribution < 1.29 is 4.79 Å². The number of carbonyl (C=O) groups excluding carboxylic acids is 1. The van der Waals surface area contributed by atoms with Crippen molar-refractivity contribution in [3.8, 4) is 0 Å². The standard InChI is InChI=1S/C17H20N2O/c1-3-4-17(20)19-16-11-9-15(10-12-16)18-14-7-5-13(2)6-8-14/h5-12,18H,3-4H2,1-2H3,(H,19,20). The Morgan fingerprint density at radius 2 is 1.40 bits per heavy atom. The van der Waals surface area contributed by atoms with Gasteiger partial charge >= 0.3 is 0 Å². The van der Waals surface area contributed by atoms with Crippen LogP contribution in [0.25, 0.3) is 0 Å². The molecule has 0 fully saturated rings. The van der Waals surface area contributed by atoms with Gasteiger partial charge in [0.2, 0.25) is 5.91 Å². The summed E-state index contributed by atoms with van der Waals surface area (Å²) in [5, 5.41) is 6.20. The first-order valence-electron chi connectivity index (χ1n) is 6.91. The van der Waals surface area contributed by atoms with Gasteiger partial charge in [0.05, 0.1) is 0 Å². The third-order valence-electron chi connectivity index (χ3n) is 2.99. The van der Waals surface area contributed by atoms with Gasteiger partial charge in [0.1, 0.15) is 0 Å². The second-order valence-electron chi connectivity index (χ2n) is 4.87. The largest absolute Gasteiger partial charge is 0.356 e. The van der Waals surface area contributed by atoms with Crippen molar-refractivity contribution in [2.24, 2.45) is 0 Å². The van der Waals surface area contributed by atoms with E-state index < -0.39 is 0 Å². The van der Waals surface area contributed by atoms with Gasteiger partial charge in [-0.3, -0.25) is 4.79 Å². The molecular weight excluding hydrogens is 248 g/mol. The van der Waals surface area contributed by atoms with Crippen LogP contribution in [0, 0.1) is 6.92 Å². The molecule has 0 radical (unpaired) electrons. The minimum Gasteiger partial charge on any atom is -0.356 e. The van der Waals surface area contributed by atoms with Crippen molar-refractivity contribution in [3.05, 3.63) is 54.1 Å². The fourth-order valence-corrected chi connectivity index (χ4v) is 1.89. The highest BCUT2D eigenvalue weighted by molar-refractivity contribution is 5.90. The maximum absolute atomic E-state index is 11.5. The van der Waals surface area contributed by atoms with Crippen molar-refractivity contribution in [3.63, 3.8) is 0 Å². The zero-order valence-corrected chi connectivity index (χ0v) is 11.9. The summed E-state index contributed by atoms with van der Waals surface area (Å²) in [6, 6.07) is 16.0. The molecule has 3 heteroatoms. The molecule has 104 valence electrons. The normalized spacial score (nSPS) is 10.1. The van der Waals surface area contributed by atoms with E-state index in [1.165, 1.54) is 5.56 Å². The summed E-state index contributed by atoms with van der Waals surface area (Å²) in [7, 11) is 0. The number of hydrogen-bond donors (Lipinski definition) is 2. The van der Waals surface area contributed by atoms with Gasteiger partial charge in [-0.25, -0.2) is 0 Å². The van der Waals surface area contributed by atoms with Crippen molar-refractivity contribution >= 4 is 23.0 Å². The summed E-state index contributed by atoms with van der Waals surface area (Å²) < 4.78 is 0. The Labute approximate surface area is 120 Å². The summed E-state index contributed by atoms with van der Waals surface area (Å²) >= 11 is 0. The third-order valence-corrected chi connectivity index (χ3v) is 2.99. The maximum atomic E-state index is 11.5. The zero-order valence-electron chi connectivity index (χ0n) is 11.9. The average Bonchev–Trinajstić information content (AvgIpc) is 2.44. The first kappa shape index (κ1) is 14.1. The van der Waals surface area contributed by atoms with E-state index in [2.05, 4.69) is 29.7 Å². The van der Waals surface area contributed by atoms with E-state index >= 15 is 0 Å². The van der Waals surface area contributed by atoms with Crippen molar-refractivity contribution in [1.82, 2.24) is 0 Å². The first-order chi connectivity index (χ1) is 9.67. The van der Waals surface area contributed by atoms with E-state index in [-0.39, 0.29) is 5.91 Å². The molecule has 2 N–H and O–H groups in total. The van der Waals surface area contributed by atoms with Crippen LogP contribution in [0.5, 0.6) is 0 Å². The van der Waals surface area contributed by atoms with Gasteiger partial charge in [0.25, 0.3) is 0 Å². The Balaban J connectivity index is 1.97. The molecular formula is C17H20N2O. The van der Waals surface area contributed by atoms with Gasteiger partial charge in [-0.1, -0.05) is 24.6 Å². The van der Waals surface area contributed by atoms with Crippen LogP contribution in [0.3, 0.4) is 0 Å². The summed E-state index contributed by atoms with van der Waals surface area (Å²) in [5.74, 6) is 0.0618. The van der Waals surface area contributed by atoms with E-state index in [1.54, 1.807) is 0 Å². The van der Waals surface area contributed by atoms with E-state index in [1.807, 2.05) is 43.3 Å². The van der Waals surface area contributed by atoms with Crippen molar-refractivity contribution in [2.45, 2.75) is 26.7 Å². The van der Waals surface area contributed by atoms with Crippen molar-refractivity contribution in [2.75, 3.05) is 10.6 Å². The quantitative estimate of drug-likeness (QED) is 0.839. The van der Waals surface area contributed by atoms with Gasteiger partial charge in [-0.05, 0) is 49.7 Å². The second-order valence-corrected chi connectivity index (χ2v) is 4.87. The van der Waals surface area contributed by atoms with Crippen LogP contribution in [-0.4, -0.2) is 5.91 Å². The molecule has 0 saturated carbocycles. The lowest BCUT2D eigenvalue weighted by molar-refractivity contribution is -0.116. The molecule has 0 atom stereocenters. The number of aryl methyl sites for hydroxylation is 1. The maximum Gasteiger partial charge on any atom is 0.224 e. The molecule has 0 aliphatic rings. The molecule has 2 rings (SSSR count). The predicted octanol–water partition coefficient (Wildman–Crippen LogP) is 4.48. The summed E-state index contributed by atoms with van der Waals surface area (Å²) in [6.07, 6.45) is 1.42. The molecule has 0 aromatic heterocycles. The minimum absolute atomic E-state index is 0.0618. The summed E-state index contributed by atoms with van der Waals surface area (Å²) in [5.41, 5.74) is 4.13. The highest BCUT2D eigenvalue weighted by atomic mass is 16.1. The van der Waals surface area contributed by atoms with Crippen LogP contribution in [0.15, 0.2) is 48.5 Å². The zero-order chi connectivity index (χ0) is 14.4. The van der Waals surface area contributed by atoms with Gasteiger partial charge in [0.15, 0.2) is 0 Å². The highest BCUT2D eigenvalue weighted by Crippen LogP contribution is 2.19. The Kier molecular flexibility index (Phi) is 4.77. The molecule has 3 nitrogen and oxygen atoms in total. The molecule has 0 bridgehead atoms. The van der Waals surface area contributed by atoms with Gasteiger partial charge in [0, 0.05) is 23.5 Å². The van der Waals surface area contributed by atoms with Crippen LogP contribution in [0.2, 0.25) is 0 Å². The topological polar surface area (TPSA) is 41.1 Å². The van der Waals surface area contributed by atoms with Crippen LogP contribution in [-0.2, 0) is 4.79 Å². The van der Waals surface area contributed by atoms with E-state index in [9.17, 15) is 4.79 Å². The van der Waals surface area contributed by atoms with Crippen molar-refractivity contribution in [1.29, 1.82) is 0 Å². The fraction of sp³-hybridized carbons (Fsp3) is 0.235. The number of nitrogens with one attached hydrogen (secondary N) is 2. The first-order valence-corrected chi connectivity index (χ1v) is 6.91. The number of anilines is 3. The number of amides is 1. The molecule has 1 amide bonds. The Morgan fingerprint density at radius 3 is 1.95 bits per heavy atom. The van der Waals surface area contributed by atoms with Crippen LogP contribution in [0.4, 0.5) is 17.1 Å². The minimum atomic E-state index is 0.0618. The lowest BCUT2D eigenvalue weighted by atomic mass is 10.2. The molecule has 0 aliphatic heterocycles. The third kappa shape index (κ3) is 4.12. The lowest BCUT2D eigenvalue weighted by Crippen LogP contribution is -2.10. The molecule has 0 unspecified atom stereocenters. The molecule has 2 aromatic rings. The predicted molar refractivity (Wildman–Crippen MR) is 84.4 cm³/mol. The number of hydrogen-bond acceptors (Lipinski definition) is 2. The molecule has 0 heterocycles. The second kappa shape index (κ2) is 6.75.